The van der Waals surface area contributed by atoms with Crippen molar-refractivity contribution in [2.75, 3.05) is 0 Å². The summed E-state index contributed by atoms with van der Waals surface area (Å²) in [6.07, 6.45) is 8.91. The topological polar surface area (TPSA) is 20.3 Å². The lowest BCUT2D eigenvalue weighted by Gasteiger charge is -2.31. The van der Waals surface area contributed by atoms with Gasteiger partial charge >= 0.3 is 0 Å². The van der Waals surface area contributed by atoms with E-state index in [9.17, 15) is 4.79 Å². The number of fused-ring (bicyclic) bond motifs is 2. The van der Waals surface area contributed by atoms with Crippen molar-refractivity contribution in [2.24, 2.45) is 0 Å². The fourth-order valence-corrected chi connectivity index (χ4v) is 3.51. The molecule has 1 amide bonds. The molecule has 3 rings (SSSR count). The first-order valence-electron chi connectivity index (χ1n) is 7.07. The molecule has 1 fully saturated rings. The Hall–Kier alpha value is -0.990. The van der Waals surface area contributed by atoms with Gasteiger partial charge in [-0.05, 0) is 43.4 Å². The van der Waals surface area contributed by atoms with Crippen molar-refractivity contribution in [3.8, 4) is 0 Å². The van der Waals surface area contributed by atoms with Gasteiger partial charge < -0.3 is 4.90 Å². The van der Waals surface area contributed by atoms with Gasteiger partial charge in [-0.2, -0.15) is 0 Å². The number of aryl methyl sites for hydroxylation is 1. The van der Waals surface area contributed by atoms with Crippen LogP contribution in [0.1, 0.15) is 31.2 Å². The highest BCUT2D eigenvalue weighted by atomic mass is 35.5. The van der Waals surface area contributed by atoms with Crippen LogP contribution in [0.3, 0.4) is 0 Å². The van der Waals surface area contributed by atoms with Crippen LogP contribution in [0.5, 0.6) is 0 Å². The van der Waals surface area contributed by atoms with E-state index in [1.54, 1.807) is 6.07 Å². The molecule has 2 aliphatic rings. The average molecular weight is 310 g/mol. The normalized spacial score (nSPS) is 24.2. The highest BCUT2D eigenvalue weighted by Gasteiger charge is 2.36. The van der Waals surface area contributed by atoms with Gasteiger partial charge in [-0.15, -0.1) is 0 Å². The van der Waals surface area contributed by atoms with Crippen molar-refractivity contribution in [2.45, 2.75) is 44.2 Å². The minimum Gasteiger partial charge on any atom is -0.333 e. The number of halogens is 2. The molecule has 0 radical (unpaired) electrons. The first-order valence-corrected chi connectivity index (χ1v) is 7.82. The van der Waals surface area contributed by atoms with E-state index in [4.69, 9.17) is 23.2 Å². The van der Waals surface area contributed by atoms with Crippen LogP contribution in [0.2, 0.25) is 10.0 Å². The molecule has 1 aromatic carbocycles. The third-order valence-electron chi connectivity index (χ3n) is 4.21. The molecule has 0 spiro atoms. The van der Waals surface area contributed by atoms with E-state index in [0.717, 1.165) is 31.2 Å². The molecule has 0 saturated carbocycles. The number of nitrogens with zero attached hydrogens (tertiary/aromatic N) is 1. The third kappa shape index (κ3) is 2.72. The Morgan fingerprint density at radius 3 is 2.85 bits per heavy atom. The monoisotopic (exact) mass is 309 g/mol. The molecule has 0 aliphatic carbocycles. The molecule has 1 saturated heterocycles. The molecular formula is C16H17Cl2NO. The lowest BCUT2D eigenvalue weighted by molar-refractivity contribution is -0.133. The van der Waals surface area contributed by atoms with Gasteiger partial charge in [0.25, 0.3) is 0 Å². The van der Waals surface area contributed by atoms with Crippen LogP contribution in [0.4, 0.5) is 0 Å². The standard InChI is InChI=1S/C16H17Cl2NO/c17-14-8-4-11(10-15(14)18)5-9-16(20)19-12-2-1-3-13(19)7-6-12/h1-2,4,8,10,12-13H,3,5-7,9H2. The molecular weight excluding hydrogens is 293 g/mol. The minimum absolute atomic E-state index is 0.257. The van der Waals surface area contributed by atoms with Crippen LogP contribution in [0.15, 0.2) is 30.4 Å². The molecule has 1 aromatic rings. The van der Waals surface area contributed by atoms with Gasteiger partial charge in [0.1, 0.15) is 0 Å². The van der Waals surface area contributed by atoms with Crippen molar-refractivity contribution < 1.29 is 4.79 Å². The van der Waals surface area contributed by atoms with E-state index in [-0.39, 0.29) is 5.91 Å². The van der Waals surface area contributed by atoms with E-state index in [2.05, 4.69) is 17.1 Å². The van der Waals surface area contributed by atoms with Crippen molar-refractivity contribution in [3.05, 3.63) is 46.0 Å². The highest BCUT2D eigenvalue weighted by Crippen LogP contribution is 2.32. The van der Waals surface area contributed by atoms with Crippen LogP contribution >= 0.6 is 23.2 Å². The zero-order valence-electron chi connectivity index (χ0n) is 11.2. The van der Waals surface area contributed by atoms with Crippen molar-refractivity contribution >= 4 is 29.1 Å². The van der Waals surface area contributed by atoms with Gasteiger partial charge in [0, 0.05) is 12.5 Å². The van der Waals surface area contributed by atoms with Crippen LogP contribution in [0.25, 0.3) is 0 Å². The summed E-state index contributed by atoms with van der Waals surface area (Å²) in [6.45, 7) is 0. The number of hydrogen-bond acceptors (Lipinski definition) is 1. The van der Waals surface area contributed by atoms with Gasteiger partial charge in [0.15, 0.2) is 0 Å². The average Bonchev–Trinajstić information content (AvgIpc) is 2.69. The summed E-state index contributed by atoms with van der Waals surface area (Å²) >= 11 is 11.9. The molecule has 2 heterocycles. The summed E-state index contributed by atoms with van der Waals surface area (Å²) in [5, 5.41) is 1.11. The largest absolute Gasteiger partial charge is 0.333 e. The van der Waals surface area contributed by atoms with Crippen LogP contribution in [-0.4, -0.2) is 22.9 Å². The minimum atomic E-state index is 0.257. The molecule has 2 nitrogen and oxygen atoms in total. The SMILES string of the molecule is O=C(CCc1ccc(Cl)c(Cl)c1)N1C2C=CCC1CC2. The molecule has 2 aliphatic heterocycles. The summed E-state index contributed by atoms with van der Waals surface area (Å²) in [4.78, 5) is 14.5. The Balaban J connectivity index is 1.62. The molecule has 2 unspecified atom stereocenters. The molecule has 2 bridgehead atoms. The predicted molar refractivity (Wildman–Crippen MR) is 82.2 cm³/mol. The highest BCUT2D eigenvalue weighted by molar-refractivity contribution is 6.42. The predicted octanol–water partition coefficient (Wildman–Crippen LogP) is 4.25. The summed E-state index contributed by atoms with van der Waals surface area (Å²) in [5.74, 6) is 0.257. The van der Waals surface area contributed by atoms with Gasteiger partial charge in [-0.1, -0.05) is 41.4 Å². The number of hydrogen-bond donors (Lipinski definition) is 0. The van der Waals surface area contributed by atoms with E-state index >= 15 is 0 Å². The maximum atomic E-state index is 12.4. The van der Waals surface area contributed by atoms with Gasteiger partial charge in [-0.25, -0.2) is 0 Å². The zero-order valence-corrected chi connectivity index (χ0v) is 12.7. The summed E-state index contributed by atoms with van der Waals surface area (Å²) in [5.41, 5.74) is 1.06. The van der Waals surface area contributed by atoms with Crippen LogP contribution < -0.4 is 0 Å². The van der Waals surface area contributed by atoms with Crippen molar-refractivity contribution in [1.82, 2.24) is 4.90 Å². The quantitative estimate of drug-likeness (QED) is 0.765. The number of carbonyl (C=O) groups excluding carboxylic acids is 1. The van der Waals surface area contributed by atoms with E-state index in [0.29, 0.717) is 28.5 Å². The Morgan fingerprint density at radius 1 is 1.25 bits per heavy atom. The summed E-state index contributed by atoms with van der Waals surface area (Å²) < 4.78 is 0. The second-order valence-corrected chi connectivity index (χ2v) is 6.33. The number of amides is 1. The lowest BCUT2D eigenvalue weighted by atomic mass is 10.1. The van der Waals surface area contributed by atoms with Gasteiger partial charge in [0.2, 0.25) is 5.91 Å². The molecule has 106 valence electrons. The smallest absolute Gasteiger partial charge is 0.223 e. The molecule has 0 N–H and O–H groups in total. The van der Waals surface area contributed by atoms with E-state index in [1.165, 1.54) is 0 Å². The molecule has 0 aromatic heterocycles. The van der Waals surface area contributed by atoms with Crippen molar-refractivity contribution in [3.63, 3.8) is 0 Å². The first kappa shape index (κ1) is 14.0. The van der Waals surface area contributed by atoms with Crippen molar-refractivity contribution in [1.29, 1.82) is 0 Å². The Kier molecular flexibility index (Phi) is 4.04. The lowest BCUT2D eigenvalue weighted by Crippen LogP contribution is -2.42. The maximum absolute atomic E-state index is 12.4. The zero-order chi connectivity index (χ0) is 14.1. The summed E-state index contributed by atoms with van der Waals surface area (Å²) in [7, 11) is 0. The number of rotatable bonds is 3. The van der Waals surface area contributed by atoms with E-state index < -0.39 is 0 Å². The summed E-state index contributed by atoms with van der Waals surface area (Å²) in [6, 6.07) is 6.33. The molecule has 2 atom stereocenters. The Morgan fingerprint density at radius 2 is 2.10 bits per heavy atom. The Labute approximate surface area is 129 Å². The number of benzene rings is 1. The second kappa shape index (κ2) is 5.79. The van der Waals surface area contributed by atoms with Crippen LogP contribution in [0, 0.1) is 0 Å². The van der Waals surface area contributed by atoms with Crippen LogP contribution in [-0.2, 0) is 11.2 Å². The van der Waals surface area contributed by atoms with Gasteiger partial charge in [-0.3, -0.25) is 4.79 Å². The Bertz CT molecular complexity index is 555. The first-order chi connectivity index (χ1) is 9.65. The molecule has 20 heavy (non-hydrogen) atoms. The van der Waals surface area contributed by atoms with E-state index in [1.807, 2.05) is 12.1 Å². The second-order valence-electron chi connectivity index (χ2n) is 5.51. The fourth-order valence-electron chi connectivity index (χ4n) is 3.19. The fraction of sp³-hybridized carbons (Fsp3) is 0.438. The number of carbonyl (C=O) groups is 1. The third-order valence-corrected chi connectivity index (χ3v) is 4.95. The molecule has 4 heteroatoms. The maximum Gasteiger partial charge on any atom is 0.223 e. The van der Waals surface area contributed by atoms with Gasteiger partial charge in [0.05, 0.1) is 16.1 Å².